The molecule has 0 aliphatic carbocycles. The van der Waals surface area contributed by atoms with E-state index in [1.807, 2.05) is 11.8 Å². The first kappa shape index (κ1) is 21.1. The van der Waals surface area contributed by atoms with Gasteiger partial charge in [0.15, 0.2) is 0 Å². The van der Waals surface area contributed by atoms with Crippen LogP contribution in [0.2, 0.25) is 0 Å². The van der Waals surface area contributed by atoms with Gasteiger partial charge in [0, 0.05) is 19.7 Å². The molecule has 0 saturated carbocycles. The molecule has 0 bridgehead atoms. The van der Waals surface area contributed by atoms with Crippen LogP contribution in [0, 0.1) is 11.7 Å². The standard InChI is InChI=1S/C24H25FN2O4/c1-2-31-20-8-4-3-7-19(20)27-23(29)21(17-9-11-18(25)12-10-17)22(24(27)30)26-13-5-6-16(14-26)15-28/h3-4,7-12,16,28H,2,5-6,13-15H2,1H3. The molecule has 2 aliphatic rings. The highest BCUT2D eigenvalue weighted by atomic mass is 19.1. The van der Waals surface area contributed by atoms with Crippen molar-refractivity contribution in [1.29, 1.82) is 0 Å². The fourth-order valence-electron chi connectivity index (χ4n) is 4.24. The topological polar surface area (TPSA) is 70.1 Å². The first-order valence-corrected chi connectivity index (χ1v) is 10.5. The third-order valence-corrected chi connectivity index (χ3v) is 5.69. The SMILES string of the molecule is CCOc1ccccc1N1C(=O)C(c2ccc(F)cc2)=C(N2CCCC(CO)C2)C1=O. The number of amides is 2. The quantitative estimate of drug-likeness (QED) is 0.721. The van der Waals surface area contributed by atoms with E-state index >= 15 is 0 Å². The average Bonchev–Trinajstić information content (AvgIpc) is 3.05. The zero-order valence-corrected chi connectivity index (χ0v) is 17.4. The number of aliphatic hydroxyl groups excluding tert-OH is 1. The molecule has 0 spiro atoms. The van der Waals surface area contributed by atoms with E-state index in [1.165, 1.54) is 24.3 Å². The van der Waals surface area contributed by atoms with Gasteiger partial charge in [-0.05, 0) is 55.5 Å². The van der Waals surface area contributed by atoms with E-state index in [-0.39, 0.29) is 18.1 Å². The Morgan fingerprint density at radius 3 is 2.55 bits per heavy atom. The van der Waals surface area contributed by atoms with Gasteiger partial charge in [0.1, 0.15) is 17.3 Å². The number of benzene rings is 2. The lowest BCUT2D eigenvalue weighted by atomic mass is 9.97. The molecule has 0 aromatic heterocycles. The monoisotopic (exact) mass is 424 g/mol. The Morgan fingerprint density at radius 2 is 1.84 bits per heavy atom. The largest absolute Gasteiger partial charge is 0.492 e. The molecule has 2 heterocycles. The van der Waals surface area contributed by atoms with E-state index in [1.54, 1.807) is 24.3 Å². The molecule has 2 amide bonds. The molecule has 1 atom stereocenters. The molecule has 4 rings (SSSR count). The minimum absolute atomic E-state index is 0.0225. The fraction of sp³-hybridized carbons (Fsp3) is 0.333. The van der Waals surface area contributed by atoms with Crippen LogP contribution in [0.25, 0.3) is 5.57 Å². The van der Waals surface area contributed by atoms with Gasteiger partial charge in [-0.15, -0.1) is 0 Å². The summed E-state index contributed by atoms with van der Waals surface area (Å²) in [5.41, 5.74) is 1.40. The van der Waals surface area contributed by atoms with Crippen LogP contribution >= 0.6 is 0 Å². The number of hydrogen-bond donors (Lipinski definition) is 1. The van der Waals surface area contributed by atoms with E-state index in [2.05, 4.69) is 0 Å². The van der Waals surface area contributed by atoms with E-state index in [9.17, 15) is 19.1 Å². The number of halogens is 1. The van der Waals surface area contributed by atoms with Crippen LogP contribution < -0.4 is 9.64 Å². The lowest BCUT2D eigenvalue weighted by Crippen LogP contribution is -2.40. The summed E-state index contributed by atoms with van der Waals surface area (Å²) in [7, 11) is 0. The molecule has 6 nitrogen and oxygen atoms in total. The van der Waals surface area contributed by atoms with Gasteiger partial charge in [-0.3, -0.25) is 9.59 Å². The van der Waals surface area contributed by atoms with Crippen molar-refractivity contribution in [2.45, 2.75) is 19.8 Å². The third kappa shape index (κ3) is 3.93. The molecule has 1 saturated heterocycles. The predicted molar refractivity (Wildman–Crippen MR) is 115 cm³/mol. The van der Waals surface area contributed by atoms with Crippen molar-refractivity contribution in [1.82, 2.24) is 4.90 Å². The summed E-state index contributed by atoms with van der Waals surface area (Å²) in [5, 5.41) is 9.65. The molecule has 1 N–H and O–H groups in total. The maximum atomic E-state index is 13.6. The van der Waals surface area contributed by atoms with E-state index in [4.69, 9.17) is 4.74 Å². The Morgan fingerprint density at radius 1 is 1.10 bits per heavy atom. The highest BCUT2D eigenvalue weighted by Crippen LogP contribution is 2.39. The van der Waals surface area contributed by atoms with Crippen molar-refractivity contribution >= 4 is 23.1 Å². The van der Waals surface area contributed by atoms with Gasteiger partial charge in [-0.1, -0.05) is 24.3 Å². The Labute approximate surface area is 180 Å². The molecule has 1 fully saturated rings. The smallest absolute Gasteiger partial charge is 0.282 e. The van der Waals surface area contributed by atoms with Crippen LogP contribution in [0.4, 0.5) is 10.1 Å². The minimum Gasteiger partial charge on any atom is -0.492 e. The van der Waals surface area contributed by atoms with E-state index in [0.717, 1.165) is 17.7 Å². The fourth-order valence-corrected chi connectivity index (χ4v) is 4.24. The van der Waals surface area contributed by atoms with Crippen LogP contribution in [-0.4, -0.2) is 48.1 Å². The number of carbonyl (C=O) groups excluding carboxylic acids is 2. The molecular formula is C24H25FN2O4. The van der Waals surface area contributed by atoms with Gasteiger partial charge in [0.2, 0.25) is 0 Å². The lowest BCUT2D eigenvalue weighted by molar-refractivity contribution is -0.120. The van der Waals surface area contributed by atoms with Gasteiger partial charge in [0.25, 0.3) is 11.8 Å². The molecular weight excluding hydrogens is 399 g/mol. The van der Waals surface area contributed by atoms with Crippen molar-refractivity contribution in [3.05, 3.63) is 65.6 Å². The van der Waals surface area contributed by atoms with Crippen molar-refractivity contribution < 1.29 is 23.8 Å². The number of piperidine rings is 1. The van der Waals surface area contributed by atoms with Gasteiger partial charge in [-0.2, -0.15) is 0 Å². The summed E-state index contributed by atoms with van der Waals surface area (Å²) < 4.78 is 19.2. The maximum absolute atomic E-state index is 13.6. The van der Waals surface area contributed by atoms with Gasteiger partial charge in [-0.25, -0.2) is 9.29 Å². The molecule has 2 aromatic carbocycles. The van der Waals surface area contributed by atoms with Crippen molar-refractivity contribution in [2.24, 2.45) is 5.92 Å². The normalized spacial score (nSPS) is 19.4. The van der Waals surface area contributed by atoms with E-state index < -0.39 is 17.6 Å². The lowest BCUT2D eigenvalue weighted by Gasteiger charge is -2.34. The Hall–Kier alpha value is -3.19. The minimum atomic E-state index is -0.468. The third-order valence-electron chi connectivity index (χ3n) is 5.69. The van der Waals surface area contributed by atoms with Gasteiger partial charge in [0.05, 0.1) is 17.9 Å². The summed E-state index contributed by atoms with van der Waals surface area (Å²) in [6.45, 7) is 3.34. The number of carbonyl (C=O) groups is 2. The number of anilines is 1. The molecule has 31 heavy (non-hydrogen) atoms. The average molecular weight is 424 g/mol. The summed E-state index contributed by atoms with van der Waals surface area (Å²) >= 11 is 0. The first-order valence-electron chi connectivity index (χ1n) is 10.5. The van der Waals surface area contributed by atoms with E-state index in [0.29, 0.717) is 42.4 Å². The second-order valence-electron chi connectivity index (χ2n) is 7.71. The maximum Gasteiger partial charge on any atom is 0.282 e. The van der Waals surface area contributed by atoms with Gasteiger partial charge < -0.3 is 14.7 Å². The van der Waals surface area contributed by atoms with Crippen molar-refractivity contribution in [2.75, 3.05) is 31.2 Å². The van der Waals surface area contributed by atoms with Crippen LogP contribution in [-0.2, 0) is 9.59 Å². The Bertz CT molecular complexity index is 1020. The van der Waals surface area contributed by atoms with Crippen LogP contribution in [0.1, 0.15) is 25.3 Å². The van der Waals surface area contributed by atoms with Crippen LogP contribution in [0.5, 0.6) is 5.75 Å². The predicted octanol–water partition coefficient (Wildman–Crippen LogP) is 3.21. The highest BCUT2D eigenvalue weighted by molar-refractivity contribution is 6.45. The molecule has 162 valence electrons. The zero-order valence-electron chi connectivity index (χ0n) is 17.4. The second kappa shape index (κ2) is 8.89. The number of para-hydroxylation sites is 2. The molecule has 2 aromatic rings. The first-order chi connectivity index (χ1) is 15.0. The summed E-state index contributed by atoms with van der Waals surface area (Å²) in [5.74, 6) is -0.846. The molecule has 1 unspecified atom stereocenters. The number of nitrogens with zero attached hydrogens (tertiary/aromatic N) is 2. The number of ether oxygens (including phenoxy) is 1. The van der Waals surface area contributed by atoms with Crippen LogP contribution in [0.3, 0.4) is 0 Å². The van der Waals surface area contributed by atoms with Gasteiger partial charge >= 0.3 is 0 Å². The number of rotatable bonds is 6. The number of imide groups is 1. The number of hydrogen-bond acceptors (Lipinski definition) is 5. The second-order valence-corrected chi connectivity index (χ2v) is 7.71. The van der Waals surface area contributed by atoms with Crippen molar-refractivity contribution in [3.8, 4) is 5.75 Å². The Kier molecular flexibility index (Phi) is 6.04. The van der Waals surface area contributed by atoms with Crippen LogP contribution in [0.15, 0.2) is 54.2 Å². The summed E-state index contributed by atoms with van der Waals surface area (Å²) in [6.07, 6.45) is 1.67. The molecule has 2 aliphatic heterocycles. The number of aliphatic hydroxyl groups is 1. The molecule has 7 heteroatoms. The molecule has 0 radical (unpaired) electrons. The zero-order chi connectivity index (χ0) is 22.0. The number of likely N-dealkylation sites (tertiary alicyclic amines) is 1. The summed E-state index contributed by atoms with van der Waals surface area (Å²) in [6, 6.07) is 12.5. The Balaban J connectivity index is 1.82. The summed E-state index contributed by atoms with van der Waals surface area (Å²) in [4.78, 5) is 30.2. The van der Waals surface area contributed by atoms with Crippen molar-refractivity contribution in [3.63, 3.8) is 0 Å². The highest BCUT2D eigenvalue weighted by Gasteiger charge is 2.44.